The number of imide groups is 1. The molecule has 4 amide bonds. The highest BCUT2D eigenvalue weighted by atomic mass is 19.1. The summed E-state index contributed by atoms with van der Waals surface area (Å²) in [6.45, 7) is 3.36. The average Bonchev–Trinajstić information content (AvgIpc) is 2.75. The number of urea groups is 1. The Hall–Kier alpha value is -2.51. The van der Waals surface area contributed by atoms with Crippen LogP contribution in [0.4, 0.5) is 13.6 Å². The minimum atomic E-state index is -1.68. The van der Waals surface area contributed by atoms with Gasteiger partial charge in [-0.05, 0) is 19.4 Å². The number of nitrogens with zero attached hydrogens (tertiary/aromatic N) is 1. The fraction of sp³-hybridized carbons (Fsp3) is 0.471. The summed E-state index contributed by atoms with van der Waals surface area (Å²) in [7, 11) is 0. The molecule has 2 rings (SSSR count). The van der Waals surface area contributed by atoms with Crippen LogP contribution in [0.1, 0.15) is 38.7 Å². The van der Waals surface area contributed by atoms with E-state index < -0.39 is 41.6 Å². The Kier molecular flexibility index (Phi) is 5.71. The molecular weight excluding hydrogens is 332 g/mol. The lowest BCUT2D eigenvalue weighted by Gasteiger charge is -2.22. The minimum Gasteiger partial charge on any atom is -0.355 e. The largest absolute Gasteiger partial charge is 0.355 e. The van der Waals surface area contributed by atoms with E-state index in [-0.39, 0.29) is 5.56 Å². The molecule has 1 aliphatic rings. The Bertz CT molecular complexity index is 696. The van der Waals surface area contributed by atoms with Crippen LogP contribution in [0.15, 0.2) is 18.2 Å². The highest BCUT2D eigenvalue weighted by Crippen LogP contribution is 2.30. The standard InChI is InChI=1S/C17H21F2N3O3/c1-3-4-5-8-20-14(23)10-22-15(24)17(2,21-16(22)25)12-7-6-11(18)9-13(12)19/h6-7,9H,3-5,8,10H2,1-2H3,(H,20,23)(H,21,25). The summed E-state index contributed by atoms with van der Waals surface area (Å²) >= 11 is 0. The lowest BCUT2D eigenvalue weighted by Crippen LogP contribution is -2.43. The van der Waals surface area contributed by atoms with E-state index in [0.717, 1.165) is 36.3 Å². The normalized spacial score (nSPS) is 19.9. The third-order valence-corrected chi connectivity index (χ3v) is 4.15. The molecule has 0 bridgehead atoms. The van der Waals surface area contributed by atoms with Crippen LogP contribution in [-0.4, -0.2) is 35.8 Å². The maximum Gasteiger partial charge on any atom is 0.325 e. The number of unbranched alkanes of at least 4 members (excludes halogenated alkanes) is 2. The van der Waals surface area contributed by atoms with Crippen LogP contribution < -0.4 is 10.6 Å². The van der Waals surface area contributed by atoms with E-state index >= 15 is 0 Å². The molecule has 0 saturated carbocycles. The van der Waals surface area contributed by atoms with Crippen molar-refractivity contribution in [2.45, 2.75) is 38.6 Å². The zero-order valence-corrected chi connectivity index (χ0v) is 14.2. The van der Waals surface area contributed by atoms with Crippen LogP contribution in [0.25, 0.3) is 0 Å². The predicted octanol–water partition coefficient (Wildman–Crippen LogP) is 2.04. The topological polar surface area (TPSA) is 78.5 Å². The summed E-state index contributed by atoms with van der Waals surface area (Å²) in [6.07, 6.45) is 2.77. The van der Waals surface area contributed by atoms with Crippen molar-refractivity contribution in [1.29, 1.82) is 0 Å². The van der Waals surface area contributed by atoms with Crippen molar-refractivity contribution in [2.75, 3.05) is 13.1 Å². The highest BCUT2D eigenvalue weighted by Gasteiger charge is 2.50. The van der Waals surface area contributed by atoms with Crippen molar-refractivity contribution in [2.24, 2.45) is 0 Å². The van der Waals surface area contributed by atoms with Crippen molar-refractivity contribution in [1.82, 2.24) is 15.5 Å². The van der Waals surface area contributed by atoms with Gasteiger partial charge >= 0.3 is 6.03 Å². The van der Waals surface area contributed by atoms with Gasteiger partial charge in [-0.25, -0.2) is 13.6 Å². The molecule has 1 atom stereocenters. The average molecular weight is 353 g/mol. The molecule has 1 unspecified atom stereocenters. The number of hydrogen-bond donors (Lipinski definition) is 2. The number of rotatable bonds is 7. The number of nitrogens with one attached hydrogen (secondary N) is 2. The van der Waals surface area contributed by atoms with Gasteiger partial charge in [0.15, 0.2) is 0 Å². The molecule has 0 aliphatic carbocycles. The fourth-order valence-corrected chi connectivity index (χ4v) is 2.72. The molecule has 1 fully saturated rings. The second-order valence-electron chi connectivity index (χ2n) is 6.13. The number of hydrogen-bond acceptors (Lipinski definition) is 3. The Morgan fingerprint density at radius 1 is 1.28 bits per heavy atom. The van der Waals surface area contributed by atoms with Gasteiger partial charge in [0.05, 0.1) is 0 Å². The first kappa shape index (κ1) is 18.8. The molecule has 0 radical (unpaired) electrons. The summed E-state index contributed by atoms with van der Waals surface area (Å²) in [5, 5.41) is 5.02. The van der Waals surface area contributed by atoms with Gasteiger partial charge in [-0.15, -0.1) is 0 Å². The maximum absolute atomic E-state index is 14.0. The Balaban J connectivity index is 2.09. The lowest BCUT2D eigenvalue weighted by atomic mass is 9.91. The van der Waals surface area contributed by atoms with E-state index in [1.165, 1.54) is 6.92 Å². The third-order valence-electron chi connectivity index (χ3n) is 4.15. The molecule has 1 aromatic rings. The fourth-order valence-electron chi connectivity index (χ4n) is 2.72. The van der Waals surface area contributed by atoms with Crippen LogP contribution in [0, 0.1) is 11.6 Å². The van der Waals surface area contributed by atoms with Crippen molar-refractivity contribution in [3.05, 3.63) is 35.4 Å². The number of carbonyl (C=O) groups is 3. The second-order valence-corrected chi connectivity index (χ2v) is 6.13. The number of benzene rings is 1. The molecule has 1 aromatic carbocycles. The van der Waals surface area contributed by atoms with Crippen LogP contribution in [-0.2, 0) is 15.1 Å². The van der Waals surface area contributed by atoms with Crippen LogP contribution in [0.3, 0.4) is 0 Å². The minimum absolute atomic E-state index is 0.155. The van der Waals surface area contributed by atoms with Gasteiger partial charge in [0.25, 0.3) is 5.91 Å². The van der Waals surface area contributed by atoms with Crippen LogP contribution >= 0.6 is 0 Å². The smallest absolute Gasteiger partial charge is 0.325 e. The molecular formula is C17H21F2N3O3. The van der Waals surface area contributed by atoms with Gasteiger partial charge in [0.2, 0.25) is 5.91 Å². The first-order valence-corrected chi connectivity index (χ1v) is 8.16. The molecule has 1 saturated heterocycles. The number of amides is 4. The summed E-state index contributed by atoms with van der Waals surface area (Å²) in [5.74, 6) is -2.96. The molecule has 6 nitrogen and oxygen atoms in total. The molecule has 1 heterocycles. The van der Waals surface area contributed by atoms with E-state index in [4.69, 9.17) is 0 Å². The van der Waals surface area contributed by atoms with Crippen molar-refractivity contribution in [3.8, 4) is 0 Å². The molecule has 136 valence electrons. The zero-order chi connectivity index (χ0) is 18.6. The third kappa shape index (κ3) is 3.94. The van der Waals surface area contributed by atoms with E-state index in [2.05, 4.69) is 10.6 Å². The second kappa shape index (κ2) is 7.58. The first-order chi connectivity index (χ1) is 11.8. The molecule has 0 aromatic heterocycles. The van der Waals surface area contributed by atoms with E-state index in [9.17, 15) is 23.2 Å². The molecule has 0 spiro atoms. The van der Waals surface area contributed by atoms with Crippen molar-refractivity contribution < 1.29 is 23.2 Å². The van der Waals surface area contributed by atoms with Gasteiger partial charge in [-0.1, -0.05) is 25.8 Å². The zero-order valence-electron chi connectivity index (χ0n) is 14.2. The number of carbonyl (C=O) groups excluding carboxylic acids is 3. The molecule has 8 heteroatoms. The summed E-state index contributed by atoms with van der Waals surface area (Å²) in [6, 6.07) is 1.96. The summed E-state index contributed by atoms with van der Waals surface area (Å²) < 4.78 is 27.1. The maximum atomic E-state index is 14.0. The Morgan fingerprint density at radius 2 is 2.00 bits per heavy atom. The quantitative estimate of drug-likeness (QED) is 0.582. The van der Waals surface area contributed by atoms with Gasteiger partial charge in [0.1, 0.15) is 23.7 Å². The highest BCUT2D eigenvalue weighted by molar-refractivity contribution is 6.09. The van der Waals surface area contributed by atoms with Gasteiger partial charge < -0.3 is 10.6 Å². The summed E-state index contributed by atoms with van der Waals surface area (Å²) in [4.78, 5) is 37.3. The van der Waals surface area contributed by atoms with Gasteiger partial charge in [0, 0.05) is 18.2 Å². The van der Waals surface area contributed by atoms with E-state index in [0.29, 0.717) is 12.6 Å². The number of halogens is 2. The molecule has 25 heavy (non-hydrogen) atoms. The molecule has 1 aliphatic heterocycles. The summed E-state index contributed by atoms with van der Waals surface area (Å²) in [5.41, 5.74) is -1.84. The van der Waals surface area contributed by atoms with Crippen molar-refractivity contribution in [3.63, 3.8) is 0 Å². The van der Waals surface area contributed by atoms with E-state index in [1.807, 2.05) is 6.92 Å². The Morgan fingerprint density at radius 3 is 2.64 bits per heavy atom. The molecule has 2 N–H and O–H groups in total. The van der Waals surface area contributed by atoms with E-state index in [1.54, 1.807) is 0 Å². The van der Waals surface area contributed by atoms with Crippen LogP contribution in [0.2, 0.25) is 0 Å². The van der Waals surface area contributed by atoms with Crippen molar-refractivity contribution >= 4 is 17.8 Å². The first-order valence-electron chi connectivity index (χ1n) is 8.16. The monoisotopic (exact) mass is 353 g/mol. The van der Waals surface area contributed by atoms with Gasteiger partial charge in [-0.2, -0.15) is 0 Å². The van der Waals surface area contributed by atoms with Crippen LogP contribution in [0.5, 0.6) is 0 Å². The van der Waals surface area contributed by atoms with Gasteiger partial charge in [-0.3, -0.25) is 14.5 Å². The lowest BCUT2D eigenvalue weighted by molar-refractivity contribution is -0.134. The Labute approximate surface area is 144 Å². The predicted molar refractivity (Wildman–Crippen MR) is 86.5 cm³/mol. The SMILES string of the molecule is CCCCCNC(=O)CN1C(=O)NC(C)(c2ccc(F)cc2F)C1=O.